The van der Waals surface area contributed by atoms with Gasteiger partial charge in [0.15, 0.2) is 0 Å². The fourth-order valence-electron chi connectivity index (χ4n) is 3.11. The van der Waals surface area contributed by atoms with Crippen LogP contribution in [0.15, 0.2) is 29.1 Å². The fraction of sp³-hybridized carbons (Fsp3) is 0.444. The lowest BCUT2D eigenvalue weighted by Crippen LogP contribution is -2.31. The molecule has 5 nitrogen and oxygen atoms in total. The Hall–Kier alpha value is -2.08. The molecule has 2 N–H and O–H groups in total. The highest BCUT2D eigenvalue weighted by Gasteiger charge is 2.31. The summed E-state index contributed by atoms with van der Waals surface area (Å²) in [7, 11) is 0. The van der Waals surface area contributed by atoms with Gasteiger partial charge in [-0.3, -0.25) is 14.6 Å². The molecule has 24 heavy (non-hydrogen) atoms. The maximum atomic E-state index is 11.6. The zero-order valence-corrected chi connectivity index (χ0v) is 14.4. The second kappa shape index (κ2) is 6.81. The minimum absolute atomic E-state index is 0.0554. The van der Waals surface area contributed by atoms with Crippen LogP contribution >= 0.6 is 11.3 Å². The van der Waals surface area contributed by atoms with Crippen molar-refractivity contribution in [3.63, 3.8) is 0 Å². The number of ether oxygens (including phenoxy) is 1. The topological polar surface area (TPSA) is 79.4 Å². The monoisotopic (exact) mass is 347 g/mol. The van der Waals surface area contributed by atoms with E-state index in [1.807, 2.05) is 24.3 Å². The van der Waals surface area contributed by atoms with Gasteiger partial charge >= 0.3 is 4.87 Å². The van der Waals surface area contributed by atoms with Gasteiger partial charge < -0.3 is 9.84 Å². The molecule has 1 heterocycles. The van der Waals surface area contributed by atoms with Crippen molar-refractivity contribution in [2.24, 2.45) is 5.41 Å². The molecule has 2 aromatic rings. The second-order valence-corrected chi connectivity index (χ2v) is 7.84. The van der Waals surface area contributed by atoms with E-state index in [0.29, 0.717) is 36.5 Å². The number of aromatic nitrogens is 1. The molecule has 0 amide bonds. The number of Topliss-reactive ketones (excluding diaryl/α,β-unsaturated/α-hetero) is 1. The highest BCUT2D eigenvalue weighted by Crippen LogP contribution is 2.34. The molecule has 0 radical (unpaired) electrons. The first-order valence-corrected chi connectivity index (χ1v) is 8.90. The van der Waals surface area contributed by atoms with Crippen molar-refractivity contribution in [1.82, 2.24) is 4.98 Å². The SMILES string of the molecule is CC1(COc2ccc(Cc3sc(=O)[nH]c3O)cc2)CCCC(=O)C1. The van der Waals surface area contributed by atoms with E-state index in [0.717, 1.165) is 35.5 Å². The van der Waals surface area contributed by atoms with Crippen molar-refractivity contribution < 1.29 is 14.6 Å². The van der Waals surface area contributed by atoms with Crippen LogP contribution in [0, 0.1) is 5.41 Å². The average molecular weight is 347 g/mol. The number of thiazole rings is 1. The second-order valence-electron chi connectivity index (χ2n) is 6.78. The van der Waals surface area contributed by atoms with Crippen LogP contribution in [0.2, 0.25) is 0 Å². The molecule has 1 aromatic heterocycles. The maximum absolute atomic E-state index is 11.6. The van der Waals surface area contributed by atoms with Crippen molar-refractivity contribution >= 4 is 17.1 Å². The third-order valence-corrected chi connectivity index (χ3v) is 5.31. The first-order valence-electron chi connectivity index (χ1n) is 8.08. The molecule has 1 saturated carbocycles. The Labute approximate surface area is 144 Å². The normalized spacial score (nSPS) is 21.0. The van der Waals surface area contributed by atoms with Gasteiger partial charge in [0.05, 0.1) is 11.5 Å². The van der Waals surface area contributed by atoms with E-state index in [-0.39, 0.29) is 16.2 Å². The van der Waals surface area contributed by atoms with Crippen molar-refractivity contribution in [3.8, 4) is 11.6 Å². The van der Waals surface area contributed by atoms with Crippen LogP contribution in [0.1, 0.15) is 43.0 Å². The highest BCUT2D eigenvalue weighted by molar-refractivity contribution is 7.09. The van der Waals surface area contributed by atoms with Gasteiger partial charge in [0.25, 0.3) is 0 Å². The van der Waals surface area contributed by atoms with Gasteiger partial charge in [0.1, 0.15) is 11.5 Å². The minimum atomic E-state index is -0.252. The molecule has 128 valence electrons. The maximum Gasteiger partial charge on any atom is 0.307 e. The number of nitrogens with one attached hydrogen (secondary N) is 1. The van der Waals surface area contributed by atoms with E-state index in [1.54, 1.807) is 0 Å². The van der Waals surface area contributed by atoms with E-state index in [9.17, 15) is 14.7 Å². The Kier molecular flexibility index (Phi) is 4.76. The molecule has 1 aliphatic rings. The zero-order chi connectivity index (χ0) is 17.2. The summed E-state index contributed by atoms with van der Waals surface area (Å²) in [6.07, 6.45) is 3.75. The molecule has 6 heteroatoms. The molecular weight excluding hydrogens is 326 g/mol. The molecule has 1 aliphatic carbocycles. The third kappa shape index (κ3) is 4.06. The zero-order valence-electron chi connectivity index (χ0n) is 13.6. The molecular formula is C18H21NO4S. The minimum Gasteiger partial charge on any atom is -0.494 e. The van der Waals surface area contributed by atoms with E-state index in [4.69, 9.17) is 4.74 Å². The van der Waals surface area contributed by atoms with Gasteiger partial charge in [-0.2, -0.15) is 0 Å². The Morgan fingerprint density at radius 2 is 2.04 bits per heavy atom. The standard InChI is InChI=1S/C18H21NO4S/c1-18(8-2-3-13(20)10-18)11-23-14-6-4-12(5-7-14)9-15-16(21)19-17(22)24-15/h4-7,21H,2-3,8-11H2,1H3,(H,19,22). The molecule has 1 fully saturated rings. The van der Waals surface area contributed by atoms with Crippen LogP contribution in [0.5, 0.6) is 11.6 Å². The Morgan fingerprint density at radius 1 is 1.29 bits per heavy atom. The predicted molar refractivity (Wildman–Crippen MR) is 92.9 cm³/mol. The van der Waals surface area contributed by atoms with Gasteiger partial charge in [0.2, 0.25) is 5.88 Å². The van der Waals surface area contributed by atoms with Crippen LogP contribution in [0.4, 0.5) is 0 Å². The number of H-pyrrole nitrogens is 1. The molecule has 0 aliphatic heterocycles. The van der Waals surface area contributed by atoms with Crippen LogP contribution < -0.4 is 9.61 Å². The molecule has 1 atom stereocenters. The quantitative estimate of drug-likeness (QED) is 0.870. The number of hydrogen-bond donors (Lipinski definition) is 2. The number of rotatable bonds is 5. The first kappa shape index (κ1) is 16.8. The number of aromatic amines is 1. The number of benzene rings is 1. The van der Waals surface area contributed by atoms with Crippen LogP contribution in [-0.2, 0) is 11.2 Å². The van der Waals surface area contributed by atoms with Gasteiger partial charge in [-0.25, -0.2) is 0 Å². The van der Waals surface area contributed by atoms with E-state index < -0.39 is 0 Å². The predicted octanol–water partition coefficient (Wildman–Crippen LogP) is 3.26. The molecule has 0 bridgehead atoms. The number of ketones is 1. The van der Waals surface area contributed by atoms with Crippen molar-refractivity contribution in [3.05, 3.63) is 44.4 Å². The third-order valence-electron chi connectivity index (χ3n) is 4.44. The molecule has 0 saturated heterocycles. The van der Waals surface area contributed by atoms with Gasteiger partial charge in [0, 0.05) is 24.7 Å². The lowest BCUT2D eigenvalue weighted by atomic mass is 9.76. The molecule has 1 unspecified atom stereocenters. The van der Waals surface area contributed by atoms with Gasteiger partial charge in [-0.05, 0) is 30.5 Å². The Bertz CT molecular complexity index is 777. The lowest BCUT2D eigenvalue weighted by Gasteiger charge is -2.32. The number of hydrogen-bond acceptors (Lipinski definition) is 5. The lowest BCUT2D eigenvalue weighted by molar-refractivity contribution is -0.124. The molecule has 3 rings (SSSR count). The fourth-order valence-corrected chi connectivity index (χ4v) is 3.86. The van der Waals surface area contributed by atoms with Gasteiger partial charge in [-0.1, -0.05) is 30.4 Å². The Balaban J connectivity index is 1.59. The average Bonchev–Trinajstić information content (AvgIpc) is 2.84. The van der Waals surface area contributed by atoms with E-state index in [1.165, 1.54) is 0 Å². The summed E-state index contributed by atoms with van der Waals surface area (Å²) in [5.74, 6) is 1.04. The van der Waals surface area contributed by atoms with Crippen LogP contribution in [-0.4, -0.2) is 22.5 Å². The smallest absolute Gasteiger partial charge is 0.307 e. The van der Waals surface area contributed by atoms with Crippen molar-refractivity contribution in [2.75, 3.05) is 6.61 Å². The molecule has 0 spiro atoms. The number of carbonyl (C=O) groups is 1. The largest absolute Gasteiger partial charge is 0.494 e. The van der Waals surface area contributed by atoms with Crippen molar-refractivity contribution in [2.45, 2.75) is 39.0 Å². The highest BCUT2D eigenvalue weighted by atomic mass is 32.1. The summed E-state index contributed by atoms with van der Waals surface area (Å²) in [5, 5.41) is 9.63. The number of aromatic hydroxyl groups is 1. The molecule has 1 aromatic carbocycles. The van der Waals surface area contributed by atoms with Crippen LogP contribution in [0.3, 0.4) is 0 Å². The van der Waals surface area contributed by atoms with Crippen LogP contribution in [0.25, 0.3) is 0 Å². The Morgan fingerprint density at radius 3 is 2.67 bits per heavy atom. The van der Waals surface area contributed by atoms with E-state index >= 15 is 0 Å². The summed E-state index contributed by atoms with van der Waals surface area (Å²) < 4.78 is 5.87. The van der Waals surface area contributed by atoms with Crippen molar-refractivity contribution in [1.29, 1.82) is 0 Å². The number of carbonyl (C=O) groups excluding carboxylic acids is 1. The summed E-state index contributed by atoms with van der Waals surface area (Å²) in [6, 6.07) is 7.62. The van der Waals surface area contributed by atoms with Gasteiger partial charge in [-0.15, -0.1) is 0 Å². The first-order chi connectivity index (χ1) is 11.4. The van der Waals surface area contributed by atoms with E-state index in [2.05, 4.69) is 11.9 Å². The summed E-state index contributed by atoms with van der Waals surface area (Å²) in [6.45, 7) is 2.65. The summed E-state index contributed by atoms with van der Waals surface area (Å²) >= 11 is 1.02. The summed E-state index contributed by atoms with van der Waals surface area (Å²) in [5.41, 5.74) is 0.920. The summed E-state index contributed by atoms with van der Waals surface area (Å²) in [4.78, 5) is 25.6.